The first-order valence-electron chi connectivity index (χ1n) is 8.86. The molecule has 2 N–H and O–H groups in total. The Balaban J connectivity index is 1.38. The van der Waals surface area contributed by atoms with Crippen LogP contribution in [0.4, 0.5) is 0 Å². The molecule has 142 valence electrons. The number of aromatic nitrogens is 3. The second-order valence-electron chi connectivity index (χ2n) is 5.79. The number of guanidine groups is 1. The highest BCUT2D eigenvalue weighted by Gasteiger charge is 2.07. The Bertz CT molecular complexity index is 814. The standard InChI is InChI=1S/C19H24N6O2/c1-20-19(21-10-6-11-26-14-17-9-5-12-27-17)22-13-18-24-23-15-25(18)16-7-3-2-4-8-16/h2-5,7-9,12,15H,6,10-11,13-14H2,1H3,(H2,20,21,22). The molecule has 8 heteroatoms. The van der Waals surface area contributed by atoms with Gasteiger partial charge in [-0.15, -0.1) is 10.2 Å². The Morgan fingerprint density at radius 2 is 2.07 bits per heavy atom. The average Bonchev–Trinajstić information content (AvgIpc) is 3.39. The molecule has 1 aromatic carbocycles. The van der Waals surface area contributed by atoms with Crippen LogP contribution >= 0.6 is 0 Å². The summed E-state index contributed by atoms with van der Waals surface area (Å²) in [5, 5.41) is 14.7. The smallest absolute Gasteiger partial charge is 0.191 e. The van der Waals surface area contributed by atoms with E-state index in [2.05, 4.69) is 25.8 Å². The van der Waals surface area contributed by atoms with Crippen LogP contribution in [0, 0.1) is 0 Å². The lowest BCUT2D eigenvalue weighted by atomic mass is 10.3. The topological polar surface area (TPSA) is 89.5 Å². The average molecular weight is 368 g/mol. The number of rotatable bonds is 9. The molecule has 0 bridgehead atoms. The van der Waals surface area contributed by atoms with Crippen molar-refractivity contribution in [1.82, 2.24) is 25.4 Å². The van der Waals surface area contributed by atoms with Crippen molar-refractivity contribution in [2.24, 2.45) is 4.99 Å². The summed E-state index contributed by atoms with van der Waals surface area (Å²) in [6.45, 7) is 2.41. The van der Waals surface area contributed by atoms with Crippen molar-refractivity contribution in [2.75, 3.05) is 20.2 Å². The minimum Gasteiger partial charge on any atom is -0.467 e. The summed E-state index contributed by atoms with van der Waals surface area (Å²) < 4.78 is 12.7. The number of furan rings is 1. The van der Waals surface area contributed by atoms with Crippen molar-refractivity contribution in [3.8, 4) is 5.69 Å². The molecule has 0 spiro atoms. The maximum Gasteiger partial charge on any atom is 0.191 e. The zero-order valence-electron chi connectivity index (χ0n) is 15.3. The summed E-state index contributed by atoms with van der Waals surface area (Å²) in [5.74, 6) is 2.36. The van der Waals surface area contributed by atoms with Gasteiger partial charge < -0.3 is 19.8 Å². The quantitative estimate of drug-likeness (QED) is 0.342. The maximum absolute atomic E-state index is 5.56. The fourth-order valence-corrected chi connectivity index (χ4v) is 2.52. The van der Waals surface area contributed by atoms with Crippen LogP contribution in [0.15, 0.2) is 64.5 Å². The molecule has 0 amide bonds. The molecule has 0 fully saturated rings. The van der Waals surface area contributed by atoms with Crippen LogP contribution < -0.4 is 10.6 Å². The second-order valence-corrected chi connectivity index (χ2v) is 5.79. The summed E-state index contributed by atoms with van der Waals surface area (Å²) in [4.78, 5) is 4.23. The SMILES string of the molecule is CN=C(NCCCOCc1ccco1)NCc1nncn1-c1ccccc1. The lowest BCUT2D eigenvalue weighted by molar-refractivity contribution is 0.105. The van der Waals surface area contributed by atoms with Crippen LogP contribution in [0.2, 0.25) is 0 Å². The molecule has 27 heavy (non-hydrogen) atoms. The van der Waals surface area contributed by atoms with Gasteiger partial charge >= 0.3 is 0 Å². The van der Waals surface area contributed by atoms with Gasteiger partial charge in [-0.1, -0.05) is 18.2 Å². The number of ether oxygens (including phenoxy) is 1. The van der Waals surface area contributed by atoms with Crippen molar-refractivity contribution in [3.05, 3.63) is 66.6 Å². The molecule has 0 aliphatic rings. The molecule has 8 nitrogen and oxygen atoms in total. The number of benzene rings is 1. The summed E-state index contributed by atoms with van der Waals surface area (Å²) in [6, 6.07) is 13.7. The summed E-state index contributed by atoms with van der Waals surface area (Å²) in [7, 11) is 1.74. The van der Waals surface area contributed by atoms with Gasteiger partial charge in [0.05, 0.1) is 12.8 Å². The minimum atomic E-state index is 0.495. The molecule has 2 aromatic heterocycles. The molecule has 0 aliphatic heterocycles. The Kier molecular flexibility index (Phi) is 7.00. The van der Waals surface area contributed by atoms with E-state index in [-0.39, 0.29) is 0 Å². The first kappa shape index (κ1) is 18.7. The fourth-order valence-electron chi connectivity index (χ4n) is 2.52. The van der Waals surface area contributed by atoms with Crippen molar-refractivity contribution >= 4 is 5.96 Å². The van der Waals surface area contributed by atoms with E-state index in [1.807, 2.05) is 47.0 Å². The van der Waals surface area contributed by atoms with Crippen LogP contribution in [0.25, 0.3) is 5.69 Å². The van der Waals surface area contributed by atoms with Gasteiger partial charge in [-0.3, -0.25) is 9.56 Å². The molecule has 0 radical (unpaired) electrons. The van der Waals surface area contributed by atoms with Gasteiger partial charge in [-0.05, 0) is 30.7 Å². The monoisotopic (exact) mass is 368 g/mol. The van der Waals surface area contributed by atoms with Crippen molar-refractivity contribution in [1.29, 1.82) is 0 Å². The Morgan fingerprint density at radius 1 is 1.19 bits per heavy atom. The molecule has 3 rings (SSSR count). The molecule has 0 saturated heterocycles. The number of nitrogens with one attached hydrogen (secondary N) is 2. The molecule has 0 unspecified atom stereocenters. The highest BCUT2D eigenvalue weighted by atomic mass is 16.5. The zero-order valence-corrected chi connectivity index (χ0v) is 15.3. The number of hydrogen-bond acceptors (Lipinski definition) is 5. The van der Waals surface area contributed by atoms with Crippen molar-refractivity contribution < 1.29 is 9.15 Å². The van der Waals surface area contributed by atoms with Crippen molar-refractivity contribution in [2.45, 2.75) is 19.6 Å². The Hall–Kier alpha value is -3.13. The normalized spacial score (nSPS) is 11.5. The molecule has 2 heterocycles. The Morgan fingerprint density at radius 3 is 2.85 bits per heavy atom. The van der Waals surface area contributed by atoms with Crippen LogP contribution in [0.3, 0.4) is 0 Å². The third-order valence-corrected chi connectivity index (χ3v) is 3.87. The predicted molar refractivity (Wildman–Crippen MR) is 103 cm³/mol. The van der Waals surface area contributed by atoms with Crippen LogP contribution in [0.1, 0.15) is 18.0 Å². The van der Waals surface area contributed by atoms with Crippen LogP contribution in [-0.4, -0.2) is 40.9 Å². The molecule has 0 atom stereocenters. The third kappa shape index (κ3) is 5.68. The van der Waals surface area contributed by atoms with Gasteiger partial charge in [0.2, 0.25) is 0 Å². The highest BCUT2D eigenvalue weighted by molar-refractivity contribution is 5.79. The molecular formula is C19H24N6O2. The summed E-state index contributed by atoms with van der Waals surface area (Å²) in [6.07, 6.45) is 4.22. The first-order chi connectivity index (χ1) is 13.4. The minimum absolute atomic E-state index is 0.495. The number of hydrogen-bond donors (Lipinski definition) is 2. The fraction of sp³-hybridized carbons (Fsp3) is 0.316. The summed E-state index contributed by atoms with van der Waals surface area (Å²) in [5.41, 5.74) is 1.02. The van der Waals surface area contributed by atoms with Gasteiger partial charge in [0.1, 0.15) is 18.7 Å². The van der Waals surface area contributed by atoms with E-state index in [1.165, 1.54) is 0 Å². The first-order valence-corrected chi connectivity index (χ1v) is 8.86. The van der Waals surface area contributed by atoms with E-state index in [4.69, 9.17) is 9.15 Å². The molecule has 3 aromatic rings. The van der Waals surface area contributed by atoms with Gasteiger partial charge in [-0.2, -0.15) is 0 Å². The van der Waals surface area contributed by atoms with E-state index < -0.39 is 0 Å². The van der Waals surface area contributed by atoms with Gasteiger partial charge in [0, 0.05) is 25.9 Å². The van der Waals surface area contributed by atoms with Gasteiger partial charge in [-0.25, -0.2) is 0 Å². The maximum atomic E-state index is 5.56. The van der Waals surface area contributed by atoms with E-state index in [1.54, 1.807) is 19.6 Å². The van der Waals surface area contributed by atoms with Gasteiger partial charge in [0.15, 0.2) is 11.8 Å². The van der Waals surface area contributed by atoms with Crippen LogP contribution in [-0.2, 0) is 17.9 Å². The second kappa shape index (κ2) is 10.1. The van der Waals surface area contributed by atoms with Crippen molar-refractivity contribution in [3.63, 3.8) is 0 Å². The largest absolute Gasteiger partial charge is 0.467 e. The number of para-hydroxylation sites is 1. The lowest BCUT2D eigenvalue weighted by Gasteiger charge is -2.12. The zero-order chi connectivity index (χ0) is 18.7. The summed E-state index contributed by atoms with van der Waals surface area (Å²) >= 11 is 0. The molecule has 0 saturated carbocycles. The van der Waals surface area contributed by atoms with Gasteiger partial charge in [0.25, 0.3) is 0 Å². The van der Waals surface area contributed by atoms with E-state index in [0.29, 0.717) is 25.7 Å². The molecule has 0 aliphatic carbocycles. The number of nitrogens with zero attached hydrogens (tertiary/aromatic N) is 4. The van der Waals surface area contributed by atoms with Crippen LogP contribution in [0.5, 0.6) is 0 Å². The lowest BCUT2D eigenvalue weighted by Crippen LogP contribution is -2.38. The van der Waals surface area contributed by atoms with E-state index >= 15 is 0 Å². The van der Waals surface area contributed by atoms with E-state index in [9.17, 15) is 0 Å². The number of aliphatic imine (C=N–C) groups is 1. The third-order valence-electron chi connectivity index (χ3n) is 3.87. The Labute approximate surface area is 158 Å². The predicted octanol–water partition coefficient (Wildman–Crippen LogP) is 2.13. The van der Waals surface area contributed by atoms with E-state index in [0.717, 1.165) is 30.2 Å². The highest BCUT2D eigenvalue weighted by Crippen LogP contribution is 2.08. The molecular weight excluding hydrogens is 344 g/mol.